The van der Waals surface area contributed by atoms with Gasteiger partial charge < -0.3 is 5.32 Å². The average molecular weight is 319 g/mol. The molecule has 0 aromatic heterocycles. The molecule has 114 valence electrons. The van der Waals surface area contributed by atoms with Crippen molar-refractivity contribution in [3.63, 3.8) is 0 Å². The molecule has 1 N–H and O–H groups in total. The first-order valence-corrected chi connectivity index (χ1v) is 7.14. The highest BCUT2D eigenvalue weighted by Crippen LogP contribution is 2.22. The van der Waals surface area contributed by atoms with Gasteiger partial charge in [-0.3, -0.25) is 14.9 Å². The van der Waals surface area contributed by atoms with Crippen molar-refractivity contribution in [3.05, 3.63) is 74.8 Å². The van der Waals surface area contributed by atoms with Crippen LogP contribution in [0.4, 0.5) is 5.69 Å². The molecule has 0 bridgehead atoms. The second-order valence-electron chi connectivity index (χ2n) is 4.99. The minimum absolute atomic E-state index is 0.107. The van der Waals surface area contributed by atoms with Crippen molar-refractivity contribution in [1.82, 2.24) is 5.32 Å². The van der Waals surface area contributed by atoms with Gasteiger partial charge in [0.2, 0.25) is 0 Å². The lowest BCUT2D eigenvalue weighted by molar-refractivity contribution is -0.384. The summed E-state index contributed by atoms with van der Waals surface area (Å²) in [6.45, 7) is 1.87. The first-order chi connectivity index (χ1) is 10.5. The lowest BCUT2D eigenvalue weighted by Gasteiger charge is -2.14. The van der Waals surface area contributed by atoms with Crippen LogP contribution in [0.3, 0.4) is 0 Å². The van der Waals surface area contributed by atoms with E-state index in [0.29, 0.717) is 6.42 Å². The molecule has 6 heteroatoms. The zero-order chi connectivity index (χ0) is 16.1. The van der Waals surface area contributed by atoms with E-state index in [9.17, 15) is 14.9 Å². The van der Waals surface area contributed by atoms with E-state index in [2.05, 4.69) is 5.32 Å². The third-order valence-corrected chi connectivity index (χ3v) is 3.50. The highest BCUT2D eigenvalue weighted by Gasteiger charge is 2.17. The summed E-state index contributed by atoms with van der Waals surface area (Å²) in [4.78, 5) is 22.4. The maximum Gasteiger partial charge on any atom is 0.270 e. The molecule has 22 heavy (non-hydrogen) atoms. The van der Waals surface area contributed by atoms with Crippen LogP contribution in [0.1, 0.15) is 22.8 Å². The van der Waals surface area contributed by atoms with Crippen molar-refractivity contribution < 1.29 is 9.72 Å². The molecule has 0 radical (unpaired) electrons. The number of nitrogens with one attached hydrogen (secondary N) is 1. The van der Waals surface area contributed by atoms with Gasteiger partial charge in [-0.2, -0.15) is 0 Å². The number of halogens is 1. The van der Waals surface area contributed by atoms with Crippen LogP contribution < -0.4 is 5.32 Å². The number of nitro benzene ring substituents is 1. The van der Waals surface area contributed by atoms with Crippen LogP contribution in [0, 0.1) is 10.1 Å². The van der Waals surface area contributed by atoms with Crippen molar-refractivity contribution in [2.75, 3.05) is 0 Å². The minimum Gasteiger partial charge on any atom is -0.349 e. The van der Waals surface area contributed by atoms with Crippen molar-refractivity contribution in [2.45, 2.75) is 19.4 Å². The second-order valence-corrected chi connectivity index (χ2v) is 5.39. The van der Waals surface area contributed by atoms with Gasteiger partial charge in [0.15, 0.2) is 0 Å². The predicted molar refractivity (Wildman–Crippen MR) is 85.2 cm³/mol. The molecule has 0 heterocycles. The Labute approximate surface area is 133 Å². The van der Waals surface area contributed by atoms with Crippen LogP contribution in [0.5, 0.6) is 0 Å². The number of carbonyl (C=O) groups is 1. The van der Waals surface area contributed by atoms with Gasteiger partial charge in [0, 0.05) is 18.2 Å². The van der Waals surface area contributed by atoms with E-state index in [4.69, 9.17) is 11.6 Å². The largest absolute Gasteiger partial charge is 0.349 e. The number of rotatable bonds is 5. The van der Waals surface area contributed by atoms with Crippen molar-refractivity contribution in [2.24, 2.45) is 0 Å². The van der Waals surface area contributed by atoms with E-state index in [1.807, 2.05) is 37.3 Å². The summed E-state index contributed by atoms with van der Waals surface area (Å²) in [5.74, 6) is -0.419. The molecule has 5 nitrogen and oxygen atoms in total. The molecule has 0 saturated heterocycles. The maximum atomic E-state index is 12.2. The minimum atomic E-state index is -0.555. The van der Waals surface area contributed by atoms with E-state index in [-0.39, 0.29) is 22.3 Å². The number of nitrogens with zero attached hydrogens (tertiary/aromatic N) is 1. The Morgan fingerprint density at radius 2 is 1.95 bits per heavy atom. The summed E-state index contributed by atoms with van der Waals surface area (Å²) in [6, 6.07) is 13.4. The highest BCUT2D eigenvalue weighted by atomic mass is 35.5. The Kier molecular flexibility index (Phi) is 5.12. The van der Waals surface area contributed by atoms with E-state index in [0.717, 1.165) is 5.56 Å². The Morgan fingerprint density at radius 1 is 1.27 bits per heavy atom. The second kappa shape index (κ2) is 7.04. The van der Waals surface area contributed by atoms with Gasteiger partial charge in [0.05, 0.1) is 15.5 Å². The Hall–Kier alpha value is -2.40. The van der Waals surface area contributed by atoms with Gasteiger partial charge in [-0.25, -0.2) is 0 Å². The predicted octanol–water partition coefficient (Wildman–Crippen LogP) is 3.61. The van der Waals surface area contributed by atoms with Gasteiger partial charge in [0.1, 0.15) is 0 Å². The van der Waals surface area contributed by atoms with Crippen LogP contribution in [0.15, 0.2) is 48.5 Å². The molecule has 0 aliphatic rings. The summed E-state index contributed by atoms with van der Waals surface area (Å²) >= 11 is 5.96. The fourth-order valence-corrected chi connectivity index (χ4v) is 2.32. The lowest BCUT2D eigenvalue weighted by atomic mass is 10.1. The average Bonchev–Trinajstić information content (AvgIpc) is 2.48. The molecule has 0 aliphatic carbocycles. The zero-order valence-corrected chi connectivity index (χ0v) is 12.7. The topological polar surface area (TPSA) is 72.2 Å². The Bertz CT molecular complexity index is 689. The third-order valence-electron chi connectivity index (χ3n) is 3.17. The SMILES string of the molecule is CC(Cc1ccccc1)NC(=O)c1cc([N+](=O)[O-])ccc1Cl. The number of carbonyl (C=O) groups excluding carboxylic acids is 1. The van der Waals surface area contributed by atoms with Crippen molar-refractivity contribution in [1.29, 1.82) is 0 Å². The molecular formula is C16H15ClN2O3. The van der Waals surface area contributed by atoms with E-state index < -0.39 is 10.8 Å². The fourth-order valence-electron chi connectivity index (χ4n) is 2.12. The van der Waals surface area contributed by atoms with Gasteiger partial charge in [-0.1, -0.05) is 41.9 Å². The van der Waals surface area contributed by atoms with Crippen LogP contribution in [-0.2, 0) is 6.42 Å². The number of amides is 1. The monoisotopic (exact) mass is 318 g/mol. The quantitative estimate of drug-likeness (QED) is 0.676. The molecule has 2 aromatic carbocycles. The van der Waals surface area contributed by atoms with Gasteiger partial charge >= 0.3 is 0 Å². The van der Waals surface area contributed by atoms with E-state index >= 15 is 0 Å². The first-order valence-electron chi connectivity index (χ1n) is 6.76. The summed E-state index contributed by atoms with van der Waals surface area (Å²) in [5, 5.41) is 13.8. The van der Waals surface area contributed by atoms with Crippen LogP contribution >= 0.6 is 11.6 Å². The Balaban J connectivity index is 2.08. The molecule has 0 saturated carbocycles. The molecule has 2 rings (SSSR count). The molecule has 0 spiro atoms. The van der Waals surface area contributed by atoms with Crippen LogP contribution in [0.25, 0.3) is 0 Å². The smallest absolute Gasteiger partial charge is 0.270 e. The number of nitro groups is 1. The normalized spacial score (nSPS) is 11.7. The molecular weight excluding hydrogens is 304 g/mol. The fraction of sp³-hybridized carbons (Fsp3) is 0.188. The molecule has 1 unspecified atom stereocenters. The number of benzene rings is 2. The van der Waals surface area contributed by atoms with E-state index in [1.54, 1.807) is 0 Å². The molecule has 2 aromatic rings. The van der Waals surface area contributed by atoms with Crippen LogP contribution in [-0.4, -0.2) is 16.9 Å². The molecule has 0 aliphatic heterocycles. The van der Waals surface area contributed by atoms with Gasteiger partial charge in [-0.15, -0.1) is 0 Å². The van der Waals surface area contributed by atoms with Crippen molar-refractivity contribution in [3.8, 4) is 0 Å². The number of hydrogen-bond donors (Lipinski definition) is 1. The highest BCUT2D eigenvalue weighted by molar-refractivity contribution is 6.33. The standard InChI is InChI=1S/C16H15ClN2O3/c1-11(9-12-5-3-2-4-6-12)18-16(20)14-10-13(19(21)22)7-8-15(14)17/h2-8,10-11H,9H2,1H3,(H,18,20). The molecule has 1 atom stereocenters. The van der Waals surface area contributed by atoms with Gasteiger partial charge in [0.25, 0.3) is 11.6 Å². The van der Waals surface area contributed by atoms with Crippen LogP contribution in [0.2, 0.25) is 5.02 Å². The number of hydrogen-bond acceptors (Lipinski definition) is 3. The lowest BCUT2D eigenvalue weighted by Crippen LogP contribution is -2.34. The molecule has 1 amide bonds. The summed E-state index contributed by atoms with van der Waals surface area (Å²) in [7, 11) is 0. The van der Waals surface area contributed by atoms with Crippen molar-refractivity contribution >= 4 is 23.2 Å². The third kappa shape index (κ3) is 4.05. The zero-order valence-electron chi connectivity index (χ0n) is 12.0. The summed E-state index contributed by atoms with van der Waals surface area (Å²) in [6.07, 6.45) is 0.666. The number of non-ortho nitro benzene ring substituents is 1. The maximum absolute atomic E-state index is 12.2. The van der Waals surface area contributed by atoms with Gasteiger partial charge in [-0.05, 0) is 25.0 Å². The summed E-state index contributed by atoms with van der Waals surface area (Å²) in [5.41, 5.74) is 1.04. The van der Waals surface area contributed by atoms with E-state index in [1.165, 1.54) is 18.2 Å². The summed E-state index contributed by atoms with van der Waals surface area (Å²) < 4.78 is 0. The first kappa shape index (κ1) is 16.0. The Morgan fingerprint density at radius 3 is 2.59 bits per heavy atom. The molecule has 0 fully saturated rings.